The Morgan fingerprint density at radius 2 is 2.11 bits per heavy atom. The van der Waals surface area contributed by atoms with Gasteiger partial charge in [0.1, 0.15) is 0 Å². The van der Waals surface area contributed by atoms with E-state index in [2.05, 4.69) is 6.08 Å². The van der Waals surface area contributed by atoms with Crippen LogP contribution in [0.2, 0.25) is 0 Å². The zero-order valence-electron chi connectivity index (χ0n) is 11.8. The van der Waals surface area contributed by atoms with Crippen LogP contribution in [-0.4, -0.2) is 38.1 Å². The molecule has 110 valence electrons. The zero-order chi connectivity index (χ0) is 13.9. The maximum atomic E-state index is 11.6. The van der Waals surface area contributed by atoms with Gasteiger partial charge in [-0.05, 0) is 44.4 Å². The van der Waals surface area contributed by atoms with Crippen LogP contribution >= 0.6 is 0 Å². The van der Waals surface area contributed by atoms with Gasteiger partial charge < -0.3 is 5.73 Å². The predicted octanol–water partition coefficient (Wildman–Crippen LogP) is 1.88. The molecule has 5 heteroatoms. The Labute approximate surface area is 117 Å². The van der Waals surface area contributed by atoms with Crippen LogP contribution in [0.15, 0.2) is 11.6 Å². The minimum Gasteiger partial charge on any atom is -0.324 e. The fraction of sp³-hybridized carbons (Fsp3) is 0.857. The Balaban J connectivity index is 1.95. The largest absolute Gasteiger partial charge is 0.324 e. The van der Waals surface area contributed by atoms with Crippen molar-refractivity contribution in [3.63, 3.8) is 0 Å². The Morgan fingerprint density at radius 1 is 1.32 bits per heavy atom. The standard InChI is InChI=1S/C14H26N2O2S/c1-19(17,18)16-8-4-6-13(11-16)9-12-5-2-3-7-14(15)10-12/h10,13-14H,2-9,11,15H2,1H3. The lowest BCUT2D eigenvalue weighted by molar-refractivity contribution is 0.265. The van der Waals surface area contributed by atoms with Crippen LogP contribution in [0.1, 0.15) is 44.9 Å². The first kappa shape index (κ1) is 15.0. The lowest BCUT2D eigenvalue weighted by Gasteiger charge is -2.31. The van der Waals surface area contributed by atoms with Gasteiger partial charge in [0.15, 0.2) is 0 Å². The number of hydrogen-bond donors (Lipinski definition) is 1. The van der Waals surface area contributed by atoms with E-state index in [0.29, 0.717) is 19.0 Å². The van der Waals surface area contributed by atoms with Crippen molar-refractivity contribution in [3.05, 3.63) is 11.6 Å². The summed E-state index contributed by atoms with van der Waals surface area (Å²) in [5, 5.41) is 0. The van der Waals surface area contributed by atoms with E-state index in [4.69, 9.17) is 5.73 Å². The molecule has 2 rings (SSSR count). The number of rotatable bonds is 3. The molecule has 4 nitrogen and oxygen atoms in total. The molecule has 2 aliphatic rings. The van der Waals surface area contributed by atoms with Gasteiger partial charge in [-0.15, -0.1) is 0 Å². The topological polar surface area (TPSA) is 63.4 Å². The van der Waals surface area contributed by atoms with E-state index in [1.807, 2.05) is 0 Å². The van der Waals surface area contributed by atoms with Crippen molar-refractivity contribution in [1.82, 2.24) is 4.31 Å². The molecule has 1 saturated heterocycles. The van der Waals surface area contributed by atoms with Gasteiger partial charge >= 0.3 is 0 Å². The Bertz CT molecular complexity index is 431. The highest BCUT2D eigenvalue weighted by Gasteiger charge is 2.26. The van der Waals surface area contributed by atoms with Gasteiger partial charge in [-0.25, -0.2) is 12.7 Å². The molecule has 2 N–H and O–H groups in total. The maximum Gasteiger partial charge on any atom is 0.211 e. The lowest BCUT2D eigenvalue weighted by atomic mass is 9.90. The van der Waals surface area contributed by atoms with Crippen molar-refractivity contribution in [2.45, 2.75) is 51.0 Å². The average Bonchev–Trinajstić information content (AvgIpc) is 2.53. The molecule has 1 aliphatic carbocycles. The highest BCUT2D eigenvalue weighted by molar-refractivity contribution is 7.88. The van der Waals surface area contributed by atoms with Crippen LogP contribution in [-0.2, 0) is 10.0 Å². The van der Waals surface area contributed by atoms with Crippen molar-refractivity contribution in [1.29, 1.82) is 0 Å². The molecule has 0 saturated carbocycles. The van der Waals surface area contributed by atoms with Crippen LogP contribution < -0.4 is 5.73 Å². The molecule has 0 bridgehead atoms. The average molecular weight is 286 g/mol. The van der Waals surface area contributed by atoms with Gasteiger partial charge in [-0.3, -0.25) is 0 Å². The molecule has 0 aromatic heterocycles. The number of hydrogen-bond acceptors (Lipinski definition) is 3. The van der Waals surface area contributed by atoms with Crippen molar-refractivity contribution < 1.29 is 8.42 Å². The van der Waals surface area contributed by atoms with E-state index in [9.17, 15) is 8.42 Å². The van der Waals surface area contributed by atoms with Crippen LogP contribution in [0.4, 0.5) is 0 Å². The smallest absolute Gasteiger partial charge is 0.211 e. The van der Waals surface area contributed by atoms with E-state index < -0.39 is 10.0 Å². The first-order chi connectivity index (χ1) is 8.95. The summed E-state index contributed by atoms with van der Waals surface area (Å²) in [4.78, 5) is 0. The first-order valence-corrected chi connectivity index (χ1v) is 9.20. The normalized spacial score (nSPS) is 30.7. The van der Waals surface area contributed by atoms with Crippen molar-refractivity contribution in [2.24, 2.45) is 11.7 Å². The monoisotopic (exact) mass is 286 g/mol. The molecule has 0 aromatic rings. The summed E-state index contributed by atoms with van der Waals surface area (Å²) in [5.41, 5.74) is 7.49. The molecule has 1 aliphatic heterocycles. The third kappa shape index (κ3) is 4.58. The third-order valence-electron chi connectivity index (χ3n) is 4.24. The second-order valence-electron chi connectivity index (χ2n) is 6.07. The Morgan fingerprint density at radius 3 is 2.84 bits per heavy atom. The summed E-state index contributed by atoms with van der Waals surface area (Å²) in [6.07, 6.45) is 11.4. The van der Waals surface area contributed by atoms with Crippen molar-refractivity contribution in [3.8, 4) is 0 Å². The molecule has 0 spiro atoms. The van der Waals surface area contributed by atoms with Crippen LogP contribution in [0, 0.1) is 5.92 Å². The number of nitrogens with zero attached hydrogens (tertiary/aromatic N) is 1. The van der Waals surface area contributed by atoms with Crippen LogP contribution in [0.3, 0.4) is 0 Å². The quantitative estimate of drug-likeness (QED) is 0.806. The number of sulfonamides is 1. The number of piperidine rings is 1. The van der Waals surface area contributed by atoms with Gasteiger partial charge in [-0.2, -0.15) is 0 Å². The molecule has 0 aromatic carbocycles. The van der Waals surface area contributed by atoms with Crippen LogP contribution in [0.5, 0.6) is 0 Å². The highest BCUT2D eigenvalue weighted by Crippen LogP contribution is 2.28. The predicted molar refractivity (Wildman–Crippen MR) is 78.3 cm³/mol. The minimum atomic E-state index is -3.03. The molecular weight excluding hydrogens is 260 g/mol. The lowest BCUT2D eigenvalue weighted by Crippen LogP contribution is -2.39. The second kappa shape index (κ2) is 6.37. The van der Waals surface area contributed by atoms with Crippen molar-refractivity contribution in [2.75, 3.05) is 19.3 Å². The molecule has 2 atom stereocenters. The summed E-state index contributed by atoms with van der Waals surface area (Å²) in [7, 11) is -3.03. The van der Waals surface area contributed by atoms with Gasteiger partial charge in [-0.1, -0.05) is 18.1 Å². The Kier molecular flexibility index (Phi) is 5.03. The fourth-order valence-electron chi connectivity index (χ4n) is 3.24. The van der Waals surface area contributed by atoms with Crippen molar-refractivity contribution >= 4 is 10.0 Å². The third-order valence-corrected chi connectivity index (χ3v) is 5.51. The molecule has 19 heavy (non-hydrogen) atoms. The summed E-state index contributed by atoms with van der Waals surface area (Å²) in [5.74, 6) is 0.472. The van der Waals surface area contributed by atoms with E-state index in [0.717, 1.165) is 32.1 Å². The number of allylic oxidation sites excluding steroid dienone is 1. The summed E-state index contributed by atoms with van der Waals surface area (Å²) >= 11 is 0. The van der Waals surface area contributed by atoms with E-state index in [1.54, 1.807) is 4.31 Å². The maximum absolute atomic E-state index is 11.6. The summed E-state index contributed by atoms with van der Waals surface area (Å²) in [6, 6.07) is 0.201. The molecule has 1 heterocycles. The van der Waals surface area contributed by atoms with Crippen LogP contribution in [0.25, 0.3) is 0 Å². The molecule has 0 radical (unpaired) electrons. The summed E-state index contributed by atoms with van der Waals surface area (Å²) < 4.78 is 24.9. The first-order valence-electron chi connectivity index (χ1n) is 7.35. The van der Waals surface area contributed by atoms with Gasteiger partial charge in [0.25, 0.3) is 0 Å². The van der Waals surface area contributed by atoms with Gasteiger partial charge in [0, 0.05) is 19.1 Å². The molecular formula is C14H26N2O2S. The SMILES string of the molecule is CS(=O)(=O)N1CCCC(CC2=CC(N)CCCC2)C1. The van der Waals surface area contributed by atoms with Gasteiger partial charge in [0.05, 0.1) is 6.26 Å². The van der Waals surface area contributed by atoms with E-state index >= 15 is 0 Å². The van der Waals surface area contributed by atoms with E-state index in [1.165, 1.54) is 24.7 Å². The van der Waals surface area contributed by atoms with E-state index in [-0.39, 0.29) is 6.04 Å². The second-order valence-corrected chi connectivity index (χ2v) is 8.05. The Hall–Kier alpha value is -0.390. The zero-order valence-corrected chi connectivity index (χ0v) is 12.7. The summed E-state index contributed by atoms with van der Waals surface area (Å²) in [6.45, 7) is 1.37. The van der Waals surface area contributed by atoms with Gasteiger partial charge in [0.2, 0.25) is 10.0 Å². The molecule has 0 amide bonds. The fourth-order valence-corrected chi connectivity index (χ4v) is 4.18. The minimum absolute atomic E-state index is 0.201. The highest BCUT2D eigenvalue weighted by atomic mass is 32.2. The molecule has 1 fully saturated rings. The molecule has 2 unspecified atom stereocenters. The number of nitrogens with two attached hydrogens (primary N) is 1.